The Balaban J connectivity index is 1.90. The van der Waals surface area contributed by atoms with Crippen molar-refractivity contribution in [1.82, 2.24) is 25.4 Å². The number of aldehydes is 1. The lowest BCUT2D eigenvalue weighted by Gasteiger charge is -2.01. The van der Waals surface area contributed by atoms with Crippen LogP contribution < -0.4 is 0 Å². The Morgan fingerprint density at radius 1 is 1.00 bits per heavy atom. The second kappa shape index (κ2) is 4.92. The summed E-state index contributed by atoms with van der Waals surface area (Å²) < 4.78 is 0. The predicted molar refractivity (Wildman–Crippen MR) is 82.3 cm³/mol. The lowest BCUT2D eigenvalue weighted by molar-refractivity contribution is 0.112. The number of benzene rings is 2. The Labute approximate surface area is 125 Å². The Morgan fingerprint density at radius 3 is 2.77 bits per heavy atom. The van der Waals surface area contributed by atoms with Crippen molar-refractivity contribution < 1.29 is 4.79 Å². The van der Waals surface area contributed by atoms with Gasteiger partial charge in [0.2, 0.25) is 0 Å². The summed E-state index contributed by atoms with van der Waals surface area (Å²) in [5, 5.41) is 15.1. The van der Waals surface area contributed by atoms with E-state index in [1.165, 1.54) is 6.33 Å². The van der Waals surface area contributed by atoms with Gasteiger partial charge in [-0.05, 0) is 24.3 Å². The van der Waals surface area contributed by atoms with Crippen LogP contribution in [0.25, 0.3) is 33.5 Å². The SMILES string of the molecule is O=Cc1cccc(-c2n[nH]c3ccc(-c4ncn[nH]4)cc23)c1. The van der Waals surface area contributed by atoms with Crippen molar-refractivity contribution in [3.63, 3.8) is 0 Å². The van der Waals surface area contributed by atoms with Crippen LogP contribution in [0.3, 0.4) is 0 Å². The van der Waals surface area contributed by atoms with Gasteiger partial charge in [-0.2, -0.15) is 10.2 Å². The van der Waals surface area contributed by atoms with Gasteiger partial charge in [0.15, 0.2) is 5.82 Å². The summed E-state index contributed by atoms with van der Waals surface area (Å²) in [6.07, 6.45) is 2.31. The van der Waals surface area contributed by atoms with Crippen LogP contribution in [-0.4, -0.2) is 31.7 Å². The van der Waals surface area contributed by atoms with E-state index in [9.17, 15) is 4.79 Å². The molecule has 2 heterocycles. The Morgan fingerprint density at radius 2 is 1.95 bits per heavy atom. The molecule has 0 spiro atoms. The van der Waals surface area contributed by atoms with Gasteiger partial charge in [0.25, 0.3) is 0 Å². The van der Waals surface area contributed by atoms with Crippen LogP contribution in [0.15, 0.2) is 48.8 Å². The first kappa shape index (κ1) is 12.5. The summed E-state index contributed by atoms with van der Waals surface area (Å²) >= 11 is 0. The third-order valence-electron chi connectivity index (χ3n) is 3.55. The number of nitrogens with zero attached hydrogens (tertiary/aromatic N) is 3. The standard InChI is InChI=1S/C16H11N5O/c22-8-10-2-1-3-11(6-10)15-13-7-12(16-17-9-18-21-16)4-5-14(13)19-20-15/h1-9H,(H,19,20)(H,17,18,21). The summed E-state index contributed by atoms with van der Waals surface area (Å²) in [4.78, 5) is 15.1. The number of aromatic nitrogens is 5. The van der Waals surface area contributed by atoms with E-state index >= 15 is 0 Å². The van der Waals surface area contributed by atoms with Crippen LogP contribution in [0, 0.1) is 0 Å². The smallest absolute Gasteiger partial charge is 0.155 e. The van der Waals surface area contributed by atoms with Crippen molar-refractivity contribution in [2.75, 3.05) is 0 Å². The van der Waals surface area contributed by atoms with Crippen LogP contribution in [0.5, 0.6) is 0 Å². The lowest BCUT2D eigenvalue weighted by atomic mass is 10.0. The first-order valence-electron chi connectivity index (χ1n) is 6.74. The fourth-order valence-corrected chi connectivity index (χ4v) is 2.49. The van der Waals surface area contributed by atoms with E-state index in [-0.39, 0.29) is 0 Å². The average Bonchev–Trinajstić information content (AvgIpc) is 3.23. The number of carbonyl (C=O) groups excluding carboxylic acids is 1. The Bertz CT molecular complexity index is 956. The fraction of sp³-hybridized carbons (Fsp3) is 0. The van der Waals surface area contributed by atoms with E-state index in [1.807, 2.05) is 36.4 Å². The molecule has 0 aliphatic heterocycles. The molecule has 0 aliphatic rings. The second-order valence-corrected chi connectivity index (χ2v) is 4.91. The van der Waals surface area contributed by atoms with Gasteiger partial charge in [0.1, 0.15) is 12.6 Å². The highest BCUT2D eigenvalue weighted by Crippen LogP contribution is 2.29. The fourth-order valence-electron chi connectivity index (χ4n) is 2.49. The van der Waals surface area contributed by atoms with Crippen molar-refractivity contribution in [3.05, 3.63) is 54.4 Å². The number of hydrogen-bond donors (Lipinski definition) is 2. The molecule has 0 unspecified atom stereocenters. The summed E-state index contributed by atoms with van der Waals surface area (Å²) in [5.41, 5.74) is 4.18. The third-order valence-corrected chi connectivity index (χ3v) is 3.55. The van der Waals surface area contributed by atoms with Gasteiger partial charge in [-0.3, -0.25) is 15.0 Å². The molecule has 2 N–H and O–H groups in total. The average molecular weight is 289 g/mol. The largest absolute Gasteiger partial charge is 0.298 e. The van der Waals surface area contributed by atoms with Crippen molar-refractivity contribution in [2.24, 2.45) is 0 Å². The molecule has 0 saturated heterocycles. The highest BCUT2D eigenvalue weighted by atomic mass is 16.1. The molecule has 0 bridgehead atoms. The highest BCUT2D eigenvalue weighted by molar-refractivity contribution is 5.95. The van der Waals surface area contributed by atoms with Crippen molar-refractivity contribution in [3.8, 4) is 22.6 Å². The molecule has 6 heteroatoms. The monoisotopic (exact) mass is 289 g/mol. The molecule has 2 aromatic heterocycles. The van der Waals surface area contributed by atoms with Gasteiger partial charge in [0.05, 0.1) is 11.2 Å². The first-order valence-corrected chi connectivity index (χ1v) is 6.74. The van der Waals surface area contributed by atoms with Crippen LogP contribution >= 0.6 is 0 Å². The zero-order chi connectivity index (χ0) is 14.9. The van der Waals surface area contributed by atoms with Gasteiger partial charge in [-0.1, -0.05) is 18.2 Å². The topological polar surface area (TPSA) is 87.3 Å². The van der Waals surface area contributed by atoms with Gasteiger partial charge in [-0.25, -0.2) is 4.98 Å². The Hall–Kier alpha value is -3.28. The van der Waals surface area contributed by atoms with Gasteiger partial charge >= 0.3 is 0 Å². The molecule has 0 fully saturated rings. The number of fused-ring (bicyclic) bond motifs is 1. The Kier molecular flexibility index (Phi) is 2.79. The van der Waals surface area contributed by atoms with E-state index in [0.29, 0.717) is 11.4 Å². The second-order valence-electron chi connectivity index (χ2n) is 4.91. The van der Waals surface area contributed by atoms with Crippen molar-refractivity contribution in [1.29, 1.82) is 0 Å². The number of hydrogen-bond acceptors (Lipinski definition) is 4. The number of carbonyl (C=O) groups is 1. The third kappa shape index (κ3) is 1.98. The van der Waals surface area contributed by atoms with Gasteiger partial charge < -0.3 is 0 Å². The van der Waals surface area contributed by atoms with Crippen LogP contribution in [0.1, 0.15) is 10.4 Å². The molecule has 106 valence electrons. The molecule has 22 heavy (non-hydrogen) atoms. The van der Waals surface area contributed by atoms with E-state index in [4.69, 9.17) is 0 Å². The quantitative estimate of drug-likeness (QED) is 0.568. The molecule has 0 saturated carbocycles. The number of aromatic amines is 2. The zero-order valence-corrected chi connectivity index (χ0v) is 11.4. The predicted octanol–water partition coefficient (Wildman–Crippen LogP) is 2.83. The van der Waals surface area contributed by atoms with Crippen molar-refractivity contribution in [2.45, 2.75) is 0 Å². The number of H-pyrrole nitrogens is 2. The maximum atomic E-state index is 11.0. The first-order chi connectivity index (χ1) is 10.8. The molecular formula is C16H11N5O. The molecule has 4 rings (SSSR count). The minimum atomic E-state index is 0.625. The molecule has 0 atom stereocenters. The van der Waals surface area contributed by atoms with E-state index < -0.39 is 0 Å². The van der Waals surface area contributed by atoms with Gasteiger partial charge in [0, 0.05) is 22.1 Å². The normalized spacial score (nSPS) is 10.9. The molecule has 0 aliphatic carbocycles. The summed E-state index contributed by atoms with van der Waals surface area (Å²) in [6.45, 7) is 0. The van der Waals surface area contributed by atoms with Crippen LogP contribution in [0.4, 0.5) is 0 Å². The van der Waals surface area contributed by atoms with E-state index in [0.717, 1.165) is 34.0 Å². The van der Waals surface area contributed by atoms with Crippen LogP contribution in [0.2, 0.25) is 0 Å². The summed E-state index contributed by atoms with van der Waals surface area (Å²) in [7, 11) is 0. The zero-order valence-electron chi connectivity index (χ0n) is 11.4. The minimum absolute atomic E-state index is 0.625. The minimum Gasteiger partial charge on any atom is -0.298 e. The lowest BCUT2D eigenvalue weighted by Crippen LogP contribution is -1.84. The number of nitrogens with one attached hydrogen (secondary N) is 2. The molecule has 2 aromatic carbocycles. The maximum Gasteiger partial charge on any atom is 0.155 e. The highest BCUT2D eigenvalue weighted by Gasteiger charge is 2.11. The molecule has 4 aromatic rings. The molecule has 0 amide bonds. The molecule has 0 radical (unpaired) electrons. The molecule has 6 nitrogen and oxygen atoms in total. The van der Waals surface area contributed by atoms with E-state index in [1.54, 1.807) is 6.07 Å². The summed E-state index contributed by atoms with van der Waals surface area (Å²) in [6, 6.07) is 13.3. The van der Waals surface area contributed by atoms with Crippen LogP contribution in [-0.2, 0) is 0 Å². The molecular weight excluding hydrogens is 278 g/mol. The maximum absolute atomic E-state index is 11.0. The van der Waals surface area contributed by atoms with E-state index in [2.05, 4.69) is 25.4 Å². The summed E-state index contributed by atoms with van der Waals surface area (Å²) in [5.74, 6) is 0.704. The van der Waals surface area contributed by atoms with Gasteiger partial charge in [-0.15, -0.1) is 0 Å². The number of rotatable bonds is 3. The van der Waals surface area contributed by atoms with Crippen molar-refractivity contribution >= 4 is 17.2 Å².